The average molecular weight is 419 g/mol. The number of piperidine rings is 1. The third-order valence-corrected chi connectivity index (χ3v) is 4.99. The summed E-state index contributed by atoms with van der Waals surface area (Å²) in [5.41, 5.74) is 2.70. The molecule has 2 amide bonds. The van der Waals surface area contributed by atoms with Gasteiger partial charge < -0.3 is 15.0 Å². The molecule has 1 N–H and O–H groups in total. The number of hydrogen-bond donors (Lipinski definition) is 1. The fraction of sp³-hybridized carbons (Fsp3) is 0.364. The van der Waals surface area contributed by atoms with Crippen molar-refractivity contribution in [2.75, 3.05) is 25.5 Å². The molecule has 1 unspecified atom stereocenters. The van der Waals surface area contributed by atoms with Gasteiger partial charge in [0.1, 0.15) is 0 Å². The van der Waals surface area contributed by atoms with Gasteiger partial charge in [-0.05, 0) is 29.5 Å². The first-order valence-corrected chi connectivity index (χ1v) is 9.65. The van der Waals surface area contributed by atoms with Gasteiger partial charge in [-0.1, -0.05) is 42.8 Å². The molecule has 1 aromatic carbocycles. The topological polar surface area (TPSA) is 54.5 Å². The Morgan fingerprint density at radius 1 is 1.33 bits per heavy atom. The summed E-state index contributed by atoms with van der Waals surface area (Å²) in [6.45, 7) is 3.08. The van der Waals surface area contributed by atoms with E-state index in [1.54, 1.807) is 35.2 Å². The summed E-state index contributed by atoms with van der Waals surface area (Å²) < 4.78 is 42.9. The fourth-order valence-electron chi connectivity index (χ4n) is 3.46. The van der Waals surface area contributed by atoms with Crippen molar-refractivity contribution in [3.8, 4) is 5.88 Å². The Labute approximate surface area is 173 Å². The molecule has 1 aliphatic rings. The normalized spacial score (nSPS) is 18.4. The van der Waals surface area contributed by atoms with Crippen LogP contribution in [0.15, 0.2) is 48.2 Å². The molecule has 160 valence electrons. The van der Waals surface area contributed by atoms with Gasteiger partial charge in [-0.15, -0.1) is 0 Å². The molecule has 8 heteroatoms. The highest BCUT2D eigenvalue weighted by Gasteiger charge is 2.28. The lowest BCUT2D eigenvalue weighted by Gasteiger charge is -2.33. The van der Waals surface area contributed by atoms with Gasteiger partial charge in [0.25, 0.3) is 0 Å². The maximum Gasteiger partial charge on any atom is 0.393 e. The Kier molecular flexibility index (Phi) is 6.64. The van der Waals surface area contributed by atoms with E-state index in [0.29, 0.717) is 31.1 Å². The molecule has 5 nitrogen and oxygen atoms in total. The van der Waals surface area contributed by atoms with E-state index in [-0.39, 0.29) is 17.5 Å². The van der Waals surface area contributed by atoms with Crippen LogP contribution in [-0.2, 0) is 6.42 Å². The fourth-order valence-corrected chi connectivity index (χ4v) is 3.46. The number of amides is 2. The third kappa shape index (κ3) is 5.98. The van der Waals surface area contributed by atoms with E-state index in [9.17, 15) is 18.0 Å². The number of pyridine rings is 1. The summed E-state index contributed by atoms with van der Waals surface area (Å²) in [5, 5.41) is 2.82. The zero-order valence-corrected chi connectivity index (χ0v) is 16.9. The molecular weight excluding hydrogens is 395 g/mol. The van der Waals surface area contributed by atoms with Crippen molar-refractivity contribution in [3.05, 3.63) is 59.3 Å². The van der Waals surface area contributed by atoms with Crippen molar-refractivity contribution in [1.29, 1.82) is 0 Å². The van der Waals surface area contributed by atoms with Crippen molar-refractivity contribution in [2.24, 2.45) is 5.92 Å². The van der Waals surface area contributed by atoms with Gasteiger partial charge in [-0.2, -0.15) is 13.2 Å². The van der Waals surface area contributed by atoms with E-state index in [0.717, 1.165) is 11.1 Å². The monoisotopic (exact) mass is 419 g/mol. The smallest absolute Gasteiger partial charge is 0.393 e. The number of benzene rings is 1. The zero-order valence-electron chi connectivity index (χ0n) is 16.9. The Morgan fingerprint density at radius 2 is 2.13 bits per heavy atom. The number of aromatic nitrogens is 1. The van der Waals surface area contributed by atoms with E-state index in [1.165, 1.54) is 19.4 Å². The first-order chi connectivity index (χ1) is 14.2. The number of carbonyl (C=O) groups is 1. The number of urea groups is 1. The molecule has 2 aromatic rings. The number of hydrogen-bond acceptors (Lipinski definition) is 3. The van der Waals surface area contributed by atoms with Crippen LogP contribution < -0.4 is 10.1 Å². The number of methoxy groups -OCH3 is 1. The van der Waals surface area contributed by atoms with Crippen molar-refractivity contribution in [2.45, 2.75) is 25.9 Å². The van der Waals surface area contributed by atoms with Gasteiger partial charge in [-0.25, -0.2) is 9.78 Å². The average Bonchev–Trinajstić information content (AvgIpc) is 2.69. The van der Waals surface area contributed by atoms with Crippen LogP contribution in [0.2, 0.25) is 0 Å². The van der Waals surface area contributed by atoms with E-state index >= 15 is 0 Å². The van der Waals surface area contributed by atoms with Gasteiger partial charge in [0.2, 0.25) is 5.88 Å². The van der Waals surface area contributed by atoms with E-state index < -0.39 is 12.6 Å². The molecule has 0 aliphatic carbocycles. The van der Waals surface area contributed by atoms with Crippen LogP contribution in [0.3, 0.4) is 0 Å². The van der Waals surface area contributed by atoms with Gasteiger partial charge in [0.05, 0.1) is 25.4 Å². The van der Waals surface area contributed by atoms with Crippen LogP contribution in [0.4, 0.5) is 23.7 Å². The number of rotatable bonds is 4. The summed E-state index contributed by atoms with van der Waals surface area (Å²) in [7, 11) is 1.52. The highest BCUT2D eigenvalue weighted by molar-refractivity contribution is 5.89. The minimum atomic E-state index is -4.23. The number of alkyl halides is 3. The quantitative estimate of drug-likeness (QED) is 0.746. The molecule has 1 saturated heterocycles. The minimum absolute atomic E-state index is 0.102. The maximum atomic E-state index is 12.6. The minimum Gasteiger partial charge on any atom is -0.481 e. The number of halogens is 3. The van der Waals surface area contributed by atoms with Crippen LogP contribution in [0.1, 0.15) is 24.5 Å². The number of likely N-dealkylation sites (tertiary alicyclic amines) is 1. The van der Waals surface area contributed by atoms with Gasteiger partial charge in [-0.3, -0.25) is 0 Å². The SMILES string of the molecule is COc1ccc(NC(=O)N2CC/C(=C\c3cccc(CC(F)(F)F)c3)C(C)C2)cn1. The van der Waals surface area contributed by atoms with Crippen molar-refractivity contribution in [1.82, 2.24) is 9.88 Å². The Hall–Kier alpha value is -3.03. The Morgan fingerprint density at radius 3 is 2.77 bits per heavy atom. The van der Waals surface area contributed by atoms with Crippen LogP contribution in [-0.4, -0.2) is 42.3 Å². The third-order valence-electron chi connectivity index (χ3n) is 4.99. The standard InChI is InChI=1S/C22H24F3N3O2/c1-15-14-28(21(29)27-19-6-7-20(30-2)26-13-19)9-8-18(15)11-16-4-3-5-17(10-16)12-22(23,24)25/h3-7,10-11,13,15H,8-9,12,14H2,1-2H3,(H,27,29)/b18-11+. The maximum absolute atomic E-state index is 12.6. The van der Waals surface area contributed by atoms with E-state index in [1.807, 2.05) is 13.0 Å². The molecule has 3 rings (SSSR count). The molecular formula is C22H24F3N3O2. The van der Waals surface area contributed by atoms with Crippen LogP contribution in [0, 0.1) is 5.92 Å². The molecule has 1 atom stereocenters. The zero-order chi connectivity index (χ0) is 21.7. The van der Waals surface area contributed by atoms with Crippen molar-refractivity contribution >= 4 is 17.8 Å². The van der Waals surface area contributed by atoms with Crippen LogP contribution in [0.25, 0.3) is 6.08 Å². The first-order valence-electron chi connectivity index (χ1n) is 9.65. The molecule has 0 radical (unpaired) electrons. The molecule has 0 saturated carbocycles. The summed E-state index contributed by atoms with van der Waals surface area (Å²) >= 11 is 0. The number of ether oxygens (including phenoxy) is 1. The molecule has 1 fully saturated rings. The molecule has 0 bridgehead atoms. The Balaban J connectivity index is 1.61. The predicted octanol–water partition coefficient (Wildman–Crippen LogP) is 5.15. The summed E-state index contributed by atoms with van der Waals surface area (Å²) in [4.78, 5) is 18.3. The lowest BCUT2D eigenvalue weighted by Crippen LogP contribution is -2.42. The van der Waals surface area contributed by atoms with E-state index in [4.69, 9.17) is 4.74 Å². The molecule has 30 heavy (non-hydrogen) atoms. The molecule has 0 spiro atoms. The highest BCUT2D eigenvalue weighted by atomic mass is 19.4. The highest BCUT2D eigenvalue weighted by Crippen LogP contribution is 2.27. The second-order valence-electron chi connectivity index (χ2n) is 7.37. The number of nitrogens with zero attached hydrogens (tertiary/aromatic N) is 2. The van der Waals surface area contributed by atoms with Gasteiger partial charge in [0, 0.05) is 19.2 Å². The first kappa shape index (κ1) is 21.7. The summed E-state index contributed by atoms with van der Waals surface area (Å²) in [6, 6.07) is 9.68. The molecule has 1 aliphatic heterocycles. The summed E-state index contributed by atoms with van der Waals surface area (Å²) in [5.74, 6) is 0.568. The lowest BCUT2D eigenvalue weighted by molar-refractivity contribution is -0.127. The number of nitrogens with one attached hydrogen (secondary N) is 1. The van der Waals surface area contributed by atoms with Gasteiger partial charge in [0.15, 0.2) is 0 Å². The largest absolute Gasteiger partial charge is 0.481 e. The molecule has 2 heterocycles. The lowest BCUT2D eigenvalue weighted by atomic mass is 9.91. The predicted molar refractivity (Wildman–Crippen MR) is 109 cm³/mol. The van der Waals surface area contributed by atoms with E-state index in [2.05, 4.69) is 10.3 Å². The van der Waals surface area contributed by atoms with Crippen LogP contribution in [0.5, 0.6) is 5.88 Å². The summed E-state index contributed by atoms with van der Waals surface area (Å²) in [6.07, 6.45) is -1.03. The van der Waals surface area contributed by atoms with Crippen molar-refractivity contribution < 1.29 is 22.7 Å². The number of carbonyl (C=O) groups excluding carboxylic acids is 1. The molecule has 1 aromatic heterocycles. The second kappa shape index (κ2) is 9.19. The van der Waals surface area contributed by atoms with Crippen molar-refractivity contribution in [3.63, 3.8) is 0 Å². The van der Waals surface area contributed by atoms with Gasteiger partial charge >= 0.3 is 12.2 Å². The Bertz CT molecular complexity index is 911. The second-order valence-corrected chi connectivity index (χ2v) is 7.37. The number of anilines is 1. The van der Waals surface area contributed by atoms with Crippen LogP contribution >= 0.6 is 0 Å².